The van der Waals surface area contributed by atoms with Crippen molar-refractivity contribution >= 4 is 17.6 Å². The Labute approximate surface area is 199 Å². The molecule has 1 saturated heterocycles. The van der Waals surface area contributed by atoms with Gasteiger partial charge in [-0.05, 0) is 74.2 Å². The van der Waals surface area contributed by atoms with E-state index in [-0.39, 0.29) is 0 Å². The molecule has 0 spiro atoms. The number of piperidine rings is 1. The minimum Gasteiger partial charge on any atom is -0.497 e. The topological polar surface area (TPSA) is 69.5 Å². The number of halogens is 1. The summed E-state index contributed by atoms with van der Waals surface area (Å²) in [6.07, 6.45) is 2.10. The zero-order valence-corrected chi connectivity index (χ0v) is 19.8. The molecule has 3 aromatic rings. The SMILES string of the molecule is CCOC(=O)c1nnn(Cc2ccc(OC)cc2)c1CN1CCC(c2ccc(Cl)cc2)CC1. The molecule has 2 heterocycles. The zero-order valence-electron chi connectivity index (χ0n) is 19.0. The van der Waals surface area contributed by atoms with Gasteiger partial charge in [0, 0.05) is 11.6 Å². The van der Waals surface area contributed by atoms with Gasteiger partial charge in [-0.3, -0.25) is 4.90 Å². The highest BCUT2D eigenvalue weighted by Crippen LogP contribution is 2.29. The predicted octanol–water partition coefficient (Wildman–Crippen LogP) is 4.54. The van der Waals surface area contributed by atoms with Crippen molar-refractivity contribution in [3.8, 4) is 5.75 Å². The highest BCUT2D eigenvalue weighted by molar-refractivity contribution is 6.30. The minimum absolute atomic E-state index is 0.296. The number of nitrogens with zero attached hydrogens (tertiary/aromatic N) is 4. The number of hydrogen-bond acceptors (Lipinski definition) is 6. The molecule has 1 aliphatic heterocycles. The maximum absolute atomic E-state index is 12.5. The van der Waals surface area contributed by atoms with Crippen LogP contribution in [0.3, 0.4) is 0 Å². The highest BCUT2D eigenvalue weighted by atomic mass is 35.5. The van der Waals surface area contributed by atoms with E-state index >= 15 is 0 Å². The number of benzene rings is 2. The van der Waals surface area contributed by atoms with Crippen molar-refractivity contribution in [3.05, 3.63) is 76.1 Å². The number of hydrogen-bond donors (Lipinski definition) is 0. The number of carbonyl (C=O) groups excluding carboxylic acids is 1. The molecule has 0 amide bonds. The Kier molecular flexibility index (Phi) is 7.62. The Bertz CT molecular complexity index is 1060. The molecular formula is C25H29ClN4O3. The van der Waals surface area contributed by atoms with E-state index in [4.69, 9.17) is 21.1 Å². The van der Waals surface area contributed by atoms with Gasteiger partial charge in [-0.25, -0.2) is 9.48 Å². The first-order chi connectivity index (χ1) is 16.1. The van der Waals surface area contributed by atoms with Gasteiger partial charge in [-0.2, -0.15) is 0 Å². The van der Waals surface area contributed by atoms with Crippen molar-refractivity contribution in [1.82, 2.24) is 19.9 Å². The first kappa shape index (κ1) is 23.3. The van der Waals surface area contributed by atoms with Crippen LogP contribution in [0.4, 0.5) is 0 Å². The Hall–Kier alpha value is -2.90. The average Bonchev–Trinajstić information content (AvgIpc) is 3.23. The molecule has 0 aliphatic carbocycles. The summed E-state index contributed by atoms with van der Waals surface area (Å²) in [5.74, 6) is 0.892. The Morgan fingerprint density at radius 2 is 1.76 bits per heavy atom. The summed E-state index contributed by atoms with van der Waals surface area (Å²) < 4.78 is 12.3. The van der Waals surface area contributed by atoms with Gasteiger partial charge in [0.25, 0.3) is 0 Å². The van der Waals surface area contributed by atoms with Gasteiger partial charge in [-0.15, -0.1) is 5.10 Å². The van der Waals surface area contributed by atoms with Crippen molar-refractivity contribution in [2.24, 2.45) is 0 Å². The molecule has 174 valence electrons. The van der Waals surface area contributed by atoms with Crippen LogP contribution in [0.25, 0.3) is 0 Å². The smallest absolute Gasteiger partial charge is 0.360 e. The van der Waals surface area contributed by atoms with E-state index in [0.29, 0.717) is 31.3 Å². The average molecular weight is 469 g/mol. The van der Waals surface area contributed by atoms with Crippen molar-refractivity contribution in [3.63, 3.8) is 0 Å². The van der Waals surface area contributed by atoms with E-state index in [1.807, 2.05) is 36.4 Å². The number of carbonyl (C=O) groups is 1. The van der Waals surface area contributed by atoms with Crippen molar-refractivity contribution in [2.75, 3.05) is 26.8 Å². The monoisotopic (exact) mass is 468 g/mol. The number of aromatic nitrogens is 3. The van der Waals surface area contributed by atoms with Gasteiger partial charge in [0.2, 0.25) is 0 Å². The molecule has 2 aromatic carbocycles. The van der Waals surface area contributed by atoms with Crippen LogP contribution < -0.4 is 4.74 Å². The summed E-state index contributed by atoms with van der Waals surface area (Å²) in [7, 11) is 1.65. The number of esters is 1. The molecule has 33 heavy (non-hydrogen) atoms. The van der Waals surface area contributed by atoms with Crippen LogP contribution in [0.15, 0.2) is 48.5 Å². The molecule has 0 N–H and O–H groups in total. The fourth-order valence-electron chi connectivity index (χ4n) is 4.25. The largest absolute Gasteiger partial charge is 0.497 e. The maximum Gasteiger partial charge on any atom is 0.360 e. The number of rotatable bonds is 8. The van der Waals surface area contributed by atoms with Crippen molar-refractivity contribution < 1.29 is 14.3 Å². The fourth-order valence-corrected chi connectivity index (χ4v) is 4.38. The second-order valence-electron chi connectivity index (χ2n) is 8.21. The van der Waals surface area contributed by atoms with Crippen LogP contribution in [0.5, 0.6) is 5.75 Å². The quantitative estimate of drug-likeness (QED) is 0.452. The molecule has 1 aromatic heterocycles. The van der Waals surface area contributed by atoms with Crippen LogP contribution in [0, 0.1) is 0 Å². The van der Waals surface area contributed by atoms with E-state index in [2.05, 4.69) is 27.3 Å². The Morgan fingerprint density at radius 1 is 1.06 bits per heavy atom. The lowest BCUT2D eigenvalue weighted by atomic mass is 9.89. The van der Waals surface area contributed by atoms with E-state index in [1.165, 1.54) is 5.56 Å². The van der Waals surface area contributed by atoms with Crippen LogP contribution in [-0.4, -0.2) is 52.7 Å². The summed E-state index contributed by atoms with van der Waals surface area (Å²) >= 11 is 6.04. The molecule has 8 heteroatoms. The third-order valence-electron chi connectivity index (χ3n) is 6.10. The molecule has 0 saturated carbocycles. The molecule has 0 radical (unpaired) electrons. The summed E-state index contributed by atoms with van der Waals surface area (Å²) in [5.41, 5.74) is 3.47. The highest BCUT2D eigenvalue weighted by Gasteiger charge is 2.26. The molecule has 7 nitrogen and oxygen atoms in total. The molecule has 1 fully saturated rings. The van der Waals surface area contributed by atoms with E-state index < -0.39 is 5.97 Å². The van der Waals surface area contributed by atoms with Gasteiger partial charge in [0.05, 0.1) is 26.0 Å². The standard InChI is InChI=1S/C25H29ClN4O3/c1-3-33-25(31)24-23(30(28-27-24)16-18-4-10-22(32-2)11-5-18)17-29-14-12-20(13-15-29)19-6-8-21(26)9-7-19/h4-11,20H,3,12-17H2,1-2H3. The first-order valence-corrected chi connectivity index (χ1v) is 11.7. The lowest BCUT2D eigenvalue weighted by Crippen LogP contribution is -2.34. The third-order valence-corrected chi connectivity index (χ3v) is 6.35. The van der Waals surface area contributed by atoms with Crippen LogP contribution >= 0.6 is 11.6 Å². The summed E-state index contributed by atoms with van der Waals surface area (Å²) in [5, 5.41) is 9.23. The fraction of sp³-hybridized carbons (Fsp3) is 0.400. The number of likely N-dealkylation sites (tertiary alicyclic amines) is 1. The van der Waals surface area contributed by atoms with Gasteiger partial charge < -0.3 is 9.47 Å². The van der Waals surface area contributed by atoms with Gasteiger partial charge in [0.1, 0.15) is 5.75 Å². The summed E-state index contributed by atoms with van der Waals surface area (Å²) in [6, 6.07) is 16.0. The second-order valence-corrected chi connectivity index (χ2v) is 8.65. The van der Waals surface area contributed by atoms with Crippen LogP contribution in [0.1, 0.15) is 53.0 Å². The van der Waals surface area contributed by atoms with Gasteiger partial charge in [0.15, 0.2) is 5.69 Å². The van der Waals surface area contributed by atoms with Crippen LogP contribution in [-0.2, 0) is 17.8 Å². The van der Waals surface area contributed by atoms with Gasteiger partial charge >= 0.3 is 5.97 Å². The molecule has 4 rings (SSSR count). The predicted molar refractivity (Wildman–Crippen MR) is 127 cm³/mol. The molecule has 1 aliphatic rings. The Morgan fingerprint density at radius 3 is 2.39 bits per heavy atom. The van der Waals surface area contributed by atoms with E-state index in [9.17, 15) is 4.79 Å². The lowest BCUT2D eigenvalue weighted by molar-refractivity contribution is 0.0516. The number of methoxy groups -OCH3 is 1. The maximum atomic E-state index is 12.5. The molecular weight excluding hydrogens is 440 g/mol. The summed E-state index contributed by atoms with van der Waals surface area (Å²) in [6.45, 7) is 5.08. The van der Waals surface area contributed by atoms with Crippen LogP contribution in [0.2, 0.25) is 5.02 Å². The van der Waals surface area contributed by atoms with Gasteiger partial charge in [-0.1, -0.05) is 41.1 Å². The van der Waals surface area contributed by atoms with Crippen molar-refractivity contribution in [1.29, 1.82) is 0 Å². The minimum atomic E-state index is -0.426. The van der Waals surface area contributed by atoms with Crippen molar-refractivity contribution in [2.45, 2.75) is 38.8 Å². The lowest BCUT2D eigenvalue weighted by Gasteiger charge is -2.32. The normalized spacial score (nSPS) is 14.9. The number of ether oxygens (including phenoxy) is 2. The molecule has 0 unspecified atom stereocenters. The third kappa shape index (κ3) is 5.72. The van der Waals surface area contributed by atoms with E-state index in [1.54, 1.807) is 18.7 Å². The Balaban J connectivity index is 1.48. The molecule has 0 atom stereocenters. The zero-order chi connectivity index (χ0) is 23.2. The second kappa shape index (κ2) is 10.8. The van der Waals surface area contributed by atoms with E-state index in [0.717, 1.165) is 48.0 Å². The molecule has 0 bridgehead atoms. The first-order valence-electron chi connectivity index (χ1n) is 11.3. The summed E-state index contributed by atoms with van der Waals surface area (Å²) in [4.78, 5) is 14.9.